The van der Waals surface area contributed by atoms with E-state index in [1.54, 1.807) is 0 Å². The van der Waals surface area contributed by atoms with Crippen molar-refractivity contribution in [1.82, 2.24) is 15.0 Å². The van der Waals surface area contributed by atoms with Gasteiger partial charge in [-0.3, -0.25) is 4.98 Å². The molecule has 3 nitrogen and oxygen atoms in total. The molecule has 0 aliphatic heterocycles. The second-order valence-corrected chi connectivity index (χ2v) is 8.05. The van der Waals surface area contributed by atoms with Gasteiger partial charge in [-0.25, -0.2) is 4.98 Å². The average Bonchev–Trinajstić information content (AvgIpc) is 3.09. The Morgan fingerprint density at radius 1 is 0.889 bits per heavy atom. The fraction of sp³-hybridized carbons (Fsp3) is 0.333. The molecule has 0 spiro atoms. The minimum Gasteiger partial charge on any atom is -0.342 e. The van der Waals surface area contributed by atoms with E-state index in [9.17, 15) is 0 Å². The summed E-state index contributed by atoms with van der Waals surface area (Å²) in [6.07, 6.45) is 6.04. The third kappa shape index (κ3) is 3.34. The Morgan fingerprint density at radius 3 is 2.63 bits per heavy atom. The van der Waals surface area contributed by atoms with Crippen molar-refractivity contribution in [2.45, 2.75) is 44.9 Å². The molecule has 0 radical (unpaired) electrons. The number of hydrogen-bond acceptors (Lipinski definition) is 2. The van der Waals surface area contributed by atoms with Crippen molar-refractivity contribution in [3.05, 3.63) is 71.7 Å². The second-order valence-electron chi connectivity index (χ2n) is 8.05. The van der Waals surface area contributed by atoms with Gasteiger partial charge in [0.1, 0.15) is 5.82 Å². The molecule has 0 amide bonds. The first-order chi connectivity index (χ1) is 13.2. The topological polar surface area (TPSA) is 41.6 Å². The lowest BCUT2D eigenvalue weighted by molar-refractivity contribution is 0.318. The van der Waals surface area contributed by atoms with Gasteiger partial charge in [0.15, 0.2) is 0 Å². The summed E-state index contributed by atoms with van der Waals surface area (Å²) in [5.41, 5.74) is 5.92. The monoisotopic (exact) mass is 355 g/mol. The van der Waals surface area contributed by atoms with Crippen LogP contribution in [-0.2, 0) is 6.42 Å². The van der Waals surface area contributed by atoms with Crippen LogP contribution >= 0.6 is 0 Å². The van der Waals surface area contributed by atoms with Crippen LogP contribution < -0.4 is 0 Å². The molecule has 27 heavy (non-hydrogen) atoms. The minimum absolute atomic E-state index is 0.601. The van der Waals surface area contributed by atoms with Crippen molar-refractivity contribution in [3.63, 3.8) is 0 Å². The van der Waals surface area contributed by atoms with E-state index in [0.717, 1.165) is 29.2 Å². The van der Waals surface area contributed by atoms with E-state index in [1.165, 1.54) is 47.8 Å². The first kappa shape index (κ1) is 16.5. The smallest absolute Gasteiger partial charge is 0.107 e. The number of hydrogen-bond donors (Lipinski definition) is 1. The highest BCUT2D eigenvalue weighted by atomic mass is 14.9. The summed E-state index contributed by atoms with van der Waals surface area (Å²) in [6.45, 7) is 2.13. The quantitative estimate of drug-likeness (QED) is 0.494. The highest BCUT2D eigenvalue weighted by molar-refractivity contribution is 5.78. The van der Waals surface area contributed by atoms with Gasteiger partial charge in [-0.2, -0.15) is 0 Å². The van der Waals surface area contributed by atoms with Crippen LogP contribution in [0.4, 0.5) is 0 Å². The maximum absolute atomic E-state index is 4.93. The van der Waals surface area contributed by atoms with E-state index in [2.05, 4.69) is 66.5 Å². The Balaban J connectivity index is 1.26. The van der Waals surface area contributed by atoms with Crippen molar-refractivity contribution in [1.29, 1.82) is 0 Å². The SMILES string of the molecule is Cc1ccc2nc(CC3CCC(c4ccc5ccccc5n4)CC3)[nH]c2c1. The van der Waals surface area contributed by atoms with E-state index in [0.29, 0.717) is 5.92 Å². The predicted molar refractivity (Wildman–Crippen MR) is 111 cm³/mol. The van der Waals surface area contributed by atoms with Crippen LogP contribution in [0.25, 0.3) is 21.9 Å². The fourth-order valence-corrected chi connectivity index (χ4v) is 4.52. The lowest BCUT2D eigenvalue weighted by atomic mass is 9.79. The Morgan fingerprint density at radius 2 is 1.74 bits per heavy atom. The van der Waals surface area contributed by atoms with Gasteiger partial charge < -0.3 is 4.98 Å². The molecule has 5 rings (SSSR count). The lowest BCUT2D eigenvalue weighted by Gasteiger charge is -2.27. The molecule has 0 saturated heterocycles. The van der Waals surface area contributed by atoms with Gasteiger partial charge in [0, 0.05) is 23.4 Å². The fourth-order valence-electron chi connectivity index (χ4n) is 4.52. The molecular formula is C24H25N3. The van der Waals surface area contributed by atoms with Crippen LogP contribution in [0, 0.1) is 12.8 Å². The molecule has 1 N–H and O–H groups in total. The molecule has 1 aliphatic rings. The molecule has 136 valence electrons. The number of fused-ring (bicyclic) bond motifs is 2. The van der Waals surface area contributed by atoms with E-state index in [4.69, 9.17) is 9.97 Å². The molecule has 1 saturated carbocycles. The summed E-state index contributed by atoms with van der Waals surface area (Å²) in [6, 6.07) is 19.3. The summed E-state index contributed by atoms with van der Waals surface area (Å²) in [4.78, 5) is 13.2. The number of imidazole rings is 1. The number of rotatable bonds is 3. The summed E-state index contributed by atoms with van der Waals surface area (Å²) in [7, 11) is 0. The average molecular weight is 355 g/mol. The van der Waals surface area contributed by atoms with Crippen molar-refractivity contribution in [2.24, 2.45) is 5.92 Å². The zero-order chi connectivity index (χ0) is 18.2. The molecule has 2 heterocycles. The van der Waals surface area contributed by atoms with Crippen LogP contribution in [0.3, 0.4) is 0 Å². The van der Waals surface area contributed by atoms with Crippen molar-refractivity contribution >= 4 is 21.9 Å². The largest absolute Gasteiger partial charge is 0.342 e. The van der Waals surface area contributed by atoms with Crippen LogP contribution in [0.2, 0.25) is 0 Å². The zero-order valence-corrected chi connectivity index (χ0v) is 15.8. The van der Waals surface area contributed by atoms with Crippen LogP contribution in [0.1, 0.15) is 48.7 Å². The first-order valence-corrected chi connectivity index (χ1v) is 10.1. The summed E-state index contributed by atoms with van der Waals surface area (Å²) in [5, 5.41) is 1.23. The number of H-pyrrole nitrogens is 1. The molecule has 4 aromatic rings. The van der Waals surface area contributed by atoms with Gasteiger partial charge in [-0.1, -0.05) is 30.3 Å². The Kier molecular flexibility index (Phi) is 4.16. The maximum atomic E-state index is 4.93. The molecule has 0 bridgehead atoms. The highest BCUT2D eigenvalue weighted by Crippen LogP contribution is 2.36. The number of aryl methyl sites for hydroxylation is 1. The van der Waals surface area contributed by atoms with Gasteiger partial charge in [0.25, 0.3) is 0 Å². The Bertz CT molecular complexity index is 1090. The summed E-state index contributed by atoms with van der Waals surface area (Å²) in [5.74, 6) is 2.47. The molecule has 0 unspecified atom stereocenters. The molecule has 0 atom stereocenters. The van der Waals surface area contributed by atoms with Crippen molar-refractivity contribution in [2.75, 3.05) is 0 Å². The van der Waals surface area contributed by atoms with Crippen LogP contribution in [-0.4, -0.2) is 15.0 Å². The van der Waals surface area contributed by atoms with Gasteiger partial charge >= 0.3 is 0 Å². The molecule has 3 heteroatoms. The summed E-state index contributed by atoms with van der Waals surface area (Å²) >= 11 is 0. The van der Waals surface area contributed by atoms with Gasteiger partial charge in [-0.05, 0) is 68.4 Å². The third-order valence-corrected chi connectivity index (χ3v) is 6.05. The van der Waals surface area contributed by atoms with E-state index in [1.807, 2.05) is 0 Å². The van der Waals surface area contributed by atoms with E-state index >= 15 is 0 Å². The number of aromatic nitrogens is 3. The molecule has 2 aromatic heterocycles. The zero-order valence-electron chi connectivity index (χ0n) is 15.8. The predicted octanol–water partition coefficient (Wildman–Crippen LogP) is 5.94. The van der Waals surface area contributed by atoms with Gasteiger partial charge in [0.05, 0.1) is 16.6 Å². The van der Waals surface area contributed by atoms with Gasteiger partial charge in [0.2, 0.25) is 0 Å². The van der Waals surface area contributed by atoms with E-state index in [-0.39, 0.29) is 0 Å². The van der Waals surface area contributed by atoms with E-state index < -0.39 is 0 Å². The summed E-state index contributed by atoms with van der Waals surface area (Å²) < 4.78 is 0. The highest BCUT2D eigenvalue weighted by Gasteiger charge is 2.24. The second kappa shape index (κ2) is 6.80. The number of aromatic amines is 1. The number of nitrogens with zero attached hydrogens (tertiary/aromatic N) is 2. The van der Waals surface area contributed by atoms with Gasteiger partial charge in [-0.15, -0.1) is 0 Å². The molecule has 1 fully saturated rings. The first-order valence-electron chi connectivity index (χ1n) is 10.1. The van der Waals surface area contributed by atoms with Crippen LogP contribution in [0.5, 0.6) is 0 Å². The number of pyridine rings is 1. The lowest BCUT2D eigenvalue weighted by Crippen LogP contribution is -2.16. The number of benzene rings is 2. The number of para-hydroxylation sites is 1. The molecule has 1 aliphatic carbocycles. The van der Waals surface area contributed by atoms with Crippen molar-refractivity contribution < 1.29 is 0 Å². The standard InChI is InChI=1S/C24H25N3/c1-16-6-12-22-23(14-16)27-24(26-22)15-17-7-9-19(10-8-17)21-13-11-18-4-2-3-5-20(18)25-21/h2-6,11-14,17,19H,7-10,15H2,1H3,(H,26,27). The maximum Gasteiger partial charge on any atom is 0.107 e. The molecule has 2 aromatic carbocycles. The molecular weight excluding hydrogens is 330 g/mol. The van der Waals surface area contributed by atoms with Crippen molar-refractivity contribution in [3.8, 4) is 0 Å². The normalized spacial score (nSPS) is 20.3. The minimum atomic E-state index is 0.601. The Labute approximate surface area is 159 Å². The third-order valence-electron chi connectivity index (χ3n) is 6.05. The van der Waals surface area contributed by atoms with Crippen LogP contribution in [0.15, 0.2) is 54.6 Å². The Hall–Kier alpha value is -2.68. The number of nitrogens with one attached hydrogen (secondary N) is 1.